The fourth-order valence-electron chi connectivity index (χ4n) is 2.83. The largest absolute Gasteiger partial charge is 0.508 e. The van der Waals surface area contributed by atoms with Gasteiger partial charge in [-0.3, -0.25) is 4.90 Å². The lowest BCUT2D eigenvalue weighted by Crippen LogP contribution is -2.51. The van der Waals surface area contributed by atoms with Crippen molar-refractivity contribution in [2.24, 2.45) is 0 Å². The maximum Gasteiger partial charge on any atom is 0.119 e. The van der Waals surface area contributed by atoms with E-state index in [1.807, 2.05) is 0 Å². The van der Waals surface area contributed by atoms with E-state index in [4.69, 9.17) is 0 Å². The van der Waals surface area contributed by atoms with Crippen molar-refractivity contribution in [2.75, 3.05) is 26.7 Å². The fourth-order valence-corrected chi connectivity index (χ4v) is 2.83. The van der Waals surface area contributed by atoms with E-state index in [0.717, 1.165) is 31.6 Å². The summed E-state index contributed by atoms with van der Waals surface area (Å²) in [6, 6.07) is 5.64. The molecule has 4 nitrogen and oxygen atoms in total. The first-order valence-corrected chi connectivity index (χ1v) is 6.98. The lowest BCUT2D eigenvalue weighted by atomic mass is 10.0. The van der Waals surface area contributed by atoms with Crippen LogP contribution >= 0.6 is 0 Å². The number of hydrogen-bond donors (Lipinski definition) is 2. The molecular weight excluding hydrogens is 240 g/mol. The molecule has 2 atom stereocenters. The monoisotopic (exact) mass is 264 g/mol. The Morgan fingerprint density at radius 2 is 1.84 bits per heavy atom. The fraction of sp³-hybridized carbons (Fsp3) is 0.600. The first-order chi connectivity index (χ1) is 9.01. The first kappa shape index (κ1) is 14.2. The predicted octanol–water partition coefficient (Wildman–Crippen LogP) is 2.18. The highest BCUT2D eigenvalue weighted by atomic mass is 16.3. The average Bonchev–Trinajstić information content (AvgIpc) is 2.37. The van der Waals surface area contributed by atoms with Crippen molar-refractivity contribution in [3.63, 3.8) is 0 Å². The average molecular weight is 264 g/mol. The summed E-state index contributed by atoms with van der Waals surface area (Å²) in [6.07, 6.45) is 1.14. The van der Waals surface area contributed by atoms with E-state index in [2.05, 4.69) is 30.7 Å². The van der Waals surface area contributed by atoms with Crippen molar-refractivity contribution in [3.8, 4) is 11.5 Å². The zero-order valence-corrected chi connectivity index (χ0v) is 12.0. The summed E-state index contributed by atoms with van der Waals surface area (Å²) in [5.41, 5.74) is 0.969. The molecule has 0 bridgehead atoms. The molecular formula is C15H24N2O2. The molecule has 0 radical (unpaired) electrons. The highest BCUT2D eigenvalue weighted by Crippen LogP contribution is 2.29. The van der Waals surface area contributed by atoms with E-state index >= 15 is 0 Å². The van der Waals surface area contributed by atoms with E-state index in [9.17, 15) is 10.2 Å². The second-order valence-electron chi connectivity index (χ2n) is 5.50. The molecule has 0 saturated carbocycles. The minimum absolute atomic E-state index is 0.128. The van der Waals surface area contributed by atoms with Crippen LogP contribution in [0.1, 0.15) is 31.9 Å². The molecule has 0 aliphatic carbocycles. The summed E-state index contributed by atoms with van der Waals surface area (Å²) < 4.78 is 0. The SMILES string of the molecule is CCC1CN(C(C)c2cc(O)cc(O)c2)CCN1C. The number of hydrogen-bond acceptors (Lipinski definition) is 4. The van der Waals surface area contributed by atoms with Gasteiger partial charge in [-0.2, -0.15) is 0 Å². The van der Waals surface area contributed by atoms with Crippen LogP contribution in [-0.4, -0.2) is 52.7 Å². The molecule has 19 heavy (non-hydrogen) atoms. The summed E-state index contributed by atoms with van der Waals surface area (Å²) in [7, 11) is 2.18. The van der Waals surface area contributed by atoms with Gasteiger partial charge in [-0.15, -0.1) is 0 Å². The van der Waals surface area contributed by atoms with E-state index in [1.165, 1.54) is 6.07 Å². The molecule has 0 spiro atoms. The number of piperazine rings is 1. The summed E-state index contributed by atoms with van der Waals surface area (Å²) in [5, 5.41) is 19.2. The molecule has 1 aromatic rings. The predicted molar refractivity (Wildman–Crippen MR) is 76.5 cm³/mol. The molecule has 2 N–H and O–H groups in total. The van der Waals surface area contributed by atoms with Crippen molar-refractivity contribution in [1.82, 2.24) is 9.80 Å². The van der Waals surface area contributed by atoms with Crippen LogP contribution < -0.4 is 0 Å². The highest BCUT2D eigenvalue weighted by molar-refractivity contribution is 5.38. The van der Waals surface area contributed by atoms with Gasteiger partial charge in [0.15, 0.2) is 0 Å². The number of phenolic OH excluding ortho intramolecular Hbond substituents is 2. The number of aromatic hydroxyl groups is 2. The van der Waals surface area contributed by atoms with Gasteiger partial charge in [0.2, 0.25) is 0 Å². The van der Waals surface area contributed by atoms with Gasteiger partial charge < -0.3 is 15.1 Å². The van der Waals surface area contributed by atoms with Crippen LogP contribution in [0.15, 0.2) is 18.2 Å². The molecule has 4 heteroatoms. The van der Waals surface area contributed by atoms with Crippen LogP contribution in [0, 0.1) is 0 Å². The van der Waals surface area contributed by atoms with Crippen molar-refractivity contribution in [2.45, 2.75) is 32.4 Å². The summed E-state index contributed by atoms with van der Waals surface area (Å²) in [5.74, 6) is 0.256. The Labute approximate surface area is 115 Å². The van der Waals surface area contributed by atoms with Gasteiger partial charge in [-0.25, -0.2) is 0 Å². The summed E-state index contributed by atoms with van der Waals surface area (Å²) in [4.78, 5) is 4.82. The molecule has 1 aliphatic heterocycles. The van der Waals surface area contributed by atoms with E-state index in [1.54, 1.807) is 12.1 Å². The molecule has 0 amide bonds. The maximum absolute atomic E-state index is 9.59. The van der Waals surface area contributed by atoms with E-state index in [-0.39, 0.29) is 17.5 Å². The van der Waals surface area contributed by atoms with Crippen LogP contribution in [-0.2, 0) is 0 Å². The molecule has 1 aliphatic rings. The Morgan fingerprint density at radius 1 is 1.21 bits per heavy atom. The number of benzene rings is 1. The number of likely N-dealkylation sites (N-methyl/N-ethyl adjacent to an activating group) is 1. The van der Waals surface area contributed by atoms with Gasteiger partial charge in [-0.05, 0) is 38.1 Å². The van der Waals surface area contributed by atoms with Crippen LogP contribution in [0.2, 0.25) is 0 Å². The third-order valence-corrected chi connectivity index (χ3v) is 4.23. The van der Waals surface area contributed by atoms with Gasteiger partial charge in [-0.1, -0.05) is 6.92 Å². The van der Waals surface area contributed by atoms with Crippen molar-refractivity contribution >= 4 is 0 Å². The van der Waals surface area contributed by atoms with Gasteiger partial charge in [0.25, 0.3) is 0 Å². The quantitative estimate of drug-likeness (QED) is 0.878. The van der Waals surface area contributed by atoms with Crippen LogP contribution in [0.3, 0.4) is 0 Å². The second kappa shape index (κ2) is 5.80. The molecule has 1 fully saturated rings. The standard InChI is InChI=1S/C15H24N2O2/c1-4-13-10-17(6-5-16(13)3)11(2)12-7-14(18)9-15(19)8-12/h7-9,11,13,18-19H,4-6,10H2,1-3H3. The molecule has 2 rings (SSSR count). The zero-order valence-electron chi connectivity index (χ0n) is 12.0. The summed E-state index contributed by atoms with van der Waals surface area (Å²) >= 11 is 0. The maximum atomic E-state index is 9.59. The van der Waals surface area contributed by atoms with Gasteiger partial charge in [0.1, 0.15) is 11.5 Å². The van der Waals surface area contributed by atoms with Crippen molar-refractivity contribution < 1.29 is 10.2 Å². The van der Waals surface area contributed by atoms with E-state index in [0.29, 0.717) is 6.04 Å². The smallest absolute Gasteiger partial charge is 0.119 e. The highest BCUT2D eigenvalue weighted by Gasteiger charge is 2.26. The van der Waals surface area contributed by atoms with Crippen LogP contribution in [0.25, 0.3) is 0 Å². The van der Waals surface area contributed by atoms with Gasteiger partial charge >= 0.3 is 0 Å². The molecule has 1 heterocycles. The zero-order chi connectivity index (χ0) is 14.0. The molecule has 1 aromatic carbocycles. The first-order valence-electron chi connectivity index (χ1n) is 6.98. The van der Waals surface area contributed by atoms with Crippen molar-refractivity contribution in [3.05, 3.63) is 23.8 Å². The second-order valence-corrected chi connectivity index (χ2v) is 5.50. The van der Waals surface area contributed by atoms with Gasteiger partial charge in [0, 0.05) is 37.8 Å². The van der Waals surface area contributed by atoms with Crippen LogP contribution in [0.4, 0.5) is 0 Å². The lowest BCUT2D eigenvalue weighted by molar-refractivity contribution is 0.0673. The lowest BCUT2D eigenvalue weighted by Gasteiger charge is -2.42. The normalized spacial score (nSPS) is 23.4. The van der Waals surface area contributed by atoms with Crippen molar-refractivity contribution in [1.29, 1.82) is 0 Å². The van der Waals surface area contributed by atoms with Gasteiger partial charge in [0.05, 0.1) is 0 Å². The Kier molecular flexibility index (Phi) is 4.32. The number of rotatable bonds is 3. The number of nitrogens with zero attached hydrogens (tertiary/aromatic N) is 2. The third kappa shape index (κ3) is 3.19. The topological polar surface area (TPSA) is 46.9 Å². The molecule has 0 aromatic heterocycles. The Morgan fingerprint density at radius 3 is 2.42 bits per heavy atom. The Hall–Kier alpha value is -1.26. The Balaban J connectivity index is 2.12. The molecule has 2 unspecified atom stereocenters. The third-order valence-electron chi connectivity index (χ3n) is 4.23. The number of phenols is 2. The summed E-state index contributed by atoms with van der Waals surface area (Å²) in [6.45, 7) is 7.46. The minimum atomic E-state index is 0.128. The van der Waals surface area contributed by atoms with Crippen LogP contribution in [0.5, 0.6) is 11.5 Å². The minimum Gasteiger partial charge on any atom is -0.508 e. The molecule has 1 saturated heterocycles. The molecule has 106 valence electrons. The van der Waals surface area contributed by atoms with E-state index < -0.39 is 0 Å². The Bertz CT molecular complexity index is 416.